The van der Waals surface area contributed by atoms with E-state index in [2.05, 4.69) is 28.2 Å². The highest BCUT2D eigenvalue weighted by atomic mass is 35.5. The lowest BCUT2D eigenvalue weighted by atomic mass is 9.93. The zero-order chi connectivity index (χ0) is 15.2. The van der Waals surface area contributed by atoms with Crippen LogP contribution in [0.5, 0.6) is 5.75 Å². The Balaban J connectivity index is 0.00000192. The van der Waals surface area contributed by atoms with E-state index in [-0.39, 0.29) is 37.2 Å². The highest BCUT2D eigenvalue weighted by molar-refractivity contribution is 5.86. The molecule has 0 spiro atoms. The number of hydrogen-bond acceptors (Lipinski definition) is 4. The Hall–Kier alpha value is -0.260. The third kappa shape index (κ3) is 6.76. The molecule has 1 atom stereocenters. The molecule has 0 bridgehead atoms. The maximum Gasteiger partial charge on any atom is 0.141 e. The fourth-order valence-electron chi connectivity index (χ4n) is 3.70. The maximum atomic E-state index is 6.23. The van der Waals surface area contributed by atoms with Gasteiger partial charge in [0.2, 0.25) is 0 Å². The number of nitrogens with one attached hydrogen (secondary N) is 1. The average Bonchev–Trinajstić information content (AvgIpc) is 3.11. The Labute approximate surface area is 170 Å². The molecule has 146 valence electrons. The molecule has 1 aromatic heterocycles. The minimum atomic E-state index is 0. The summed E-state index contributed by atoms with van der Waals surface area (Å²) in [6, 6.07) is 4.64. The Kier molecular flexibility index (Phi) is 12.9. The van der Waals surface area contributed by atoms with Gasteiger partial charge >= 0.3 is 0 Å². The maximum absolute atomic E-state index is 6.23. The van der Waals surface area contributed by atoms with E-state index >= 15 is 0 Å². The van der Waals surface area contributed by atoms with Gasteiger partial charge in [0, 0.05) is 18.2 Å². The monoisotopic (exact) mass is 411 g/mol. The first-order chi connectivity index (χ1) is 10.9. The van der Waals surface area contributed by atoms with Crippen molar-refractivity contribution in [2.75, 3.05) is 32.8 Å². The van der Waals surface area contributed by atoms with Crippen LogP contribution in [0.2, 0.25) is 0 Å². The van der Waals surface area contributed by atoms with Gasteiger partial charge in [-0.1, -0.05) is 6.92 Å². The minimum Gasteiger partial charge on any atom is -0.490 e. The van der Waals surface area contributed by atoms with Crippen LogP contribution in [0.3, 0.4) is 0 Å². The summed E-state index contributed by atoms with van der Waals surface area (Å²) in [6.45, 7) is 7.70. The quantitative estimate of drug-likeness (QED) is 0.764. The lowest BCUT2D eigenvalue weighted by Gasteiger charge is -2.28. The van der Waals surface area contributed by atoms with Gasteiger partial charge in [-0.3, -0.25) is 9.88 Å². The third-order valence-corrected chi connectivity index (χ3v) is 5.09. The molecule has 25 heavy (non-hydrogen) atoms. The molecule has 1 N–H and O–H groups in total. The van der Waals surface area contributed by atoms with Gasteiger partial charge in [0.25, 0.3) is 0 Å². The molecule has 3 heterocycles. The molecule has 1 aromatic rings. The summed E-state index contributed by atoms with van der Waals surface area (Å²) in [5.41, 5.74) is 1.17. The van der Waals surface area contributed by atoms with Crippen LogP contribution in [0.15, 0.2) is 18.3 Å². The summed E-state index contributed by atoms with van der Waals surface area (Å²) in [6.07, 6.45) is 8.06. The van der Waals surface area contributed by atoms with Gasteiger partial charge in [0.05, 0.1) is 5.69 Å². The number of pyridine rings is 1. The molecule has 0 unspecified atom stereocenters. The summed E-state index contributed by atoms with van der Waals surface area (Å²) in [4.78, 5) is 7.22. The van der Waals surface area contributed by atoms with Gasteiger partial charge in [-0.25, -0.2) is 0 Å². The molecule has 3 rings (SSSR count). The highest BCUT2D eigenvalue weighted by Gasteiger charge is 2.23. The van der Waals surface area contributed by atoms with Crippen molar-refractivity contribution in [2.45, 2.75) is 51.0 Å². The zero-order valence-corrected chi connectivity index (χ0v) is 17.4. The SMILES string of the molecule is CC[C@H](COc1cccnc1C1CCNCC1)N1CCCC1.Cl.Cl.Cl. The lowest BCUT2D eigenvalue weighted by molar-refractivity contribution is 0.154. The molecule has 0 aromatic carbocycles. The first-order valence-corrected chi connectivity index (χ1v) is 8.91. The number of halogens is 3. The number of likely N-dealkylation sites (tertiary alicyclic amines) is 1. The average molecular weight is 413 g/mol. The van der Waals surface area contributed by atoms with Crippen molar-refractivity contribution < 1.29 is 4.74 Å². The number of ether oxygens (including phenoxy) is 1. The van der Waals surface area contributed by atoms with Crippen molar-refractivity contribution in [3.05, 3.63) is 24.0 Å². The molecule has 0 amide bonds. The van der Waals surface area contributed by atoms with Crippen LogP contribution in [-0.4, -0.2) is 48.7 Å². The summed E-state index contributed by atoms with van der Waals surface area (Å²) in [5.74, 6) is 1.55. The van der Waals surface area contributed by atoms with Crippen molar-refractivity contribution in [3.63, 3.8) is 0 Å². The van der Waals surface area contributed by atoms with E-state index in [9.17, 15) is 0 Å². The van der Waals surface area contributed by atoms with Crippen molar-refractivity contribution in [3.8, 4) is 5.75 Å². The Morgan fingerprint density at radius 2 is 1.88 bits per heavy atom. The molecule has 4 nitrogen and oxygen atoms in total. The first-order valence-electron chi connectivity index (χ1n) is 8.91. The van der Waals surface area contributed by atoms with E-state index in [4.69, 9.17) is 4.74 Å². The molecule has 7 heteroatoms. The Morgan fingerprint density at radius 3 is 2.52 bits per heavy atom. The van der Waals surface area contributed by atoms with Crippen molar-refractivity contribution in [2.24, 2.45) is 0 Å². The fourth-order valence-corrected chi connectivity index (χ4v) is 3.70. The molecule has 2 saturated heterocycles. The van der Waals surface area contributed by atoms with Crippen molar-refractivity contribution >= 4 is 37.2 Å². The Bertz CT molecular complexity index is 467. The molecule has 2 aliphatic heterocycles. The Morgan fingerprint density at radius 1 is 1.20 bits per heavy atom. The van der Waals surface area contributed by atoms with Gasteiger partial charge in [0.15, 0.2) is 0 Å². The summed E-state index contributed by atoms with van der Waals surface area (Å²) in [5, 5.41) is 3.43. The second-order valence-electron chi connectivity index (χ2n) is 6.53. The van der Waals surface area contributed by atoms with Crippen LogP contribution in [0.4, 0.5) is 0 Å². The molecular weight excluding hydrogens is 381 g/mol. The second-order valence-corrected chi connectivity index (χ2v) is 6.53. The van der Waals surface area contributed by atoms with Gasteiger partial charge in [-0.15, -0.1) is 37.2 Å². The van der Waals surface area contributed by atoms with E-state index in [1.54, 1.807) is 0 Å². The summed E-state index contributed by atoms with van der Waals surface area (Å²) >= 11 is 0. The predicted octanol–water partition coefficient (Wildman–Crippen LogP) is 4.07. The van der Waals surface area contributed by atoms with E-state index in [1.807, 2.05) is 12.3 Å². The standard InChI is InChI=1S/C18H29N3O.3ClH/c1-2-16(21-12-3-4-13-21)14-22-17-6-5-9-20-18(17)15-7-10-19-11-8-15;;;/h5-6,9,15-16,19H,2-4,7-8,10-14H2,1H3;3*1H/t16-;;;/m1.../s1. The van der Waals surface area contributed by atoms with Gasteiger partial charge < -0.3 is 10.1 Å². The smallest absolute Gasteiger partial charge is 0.141 e. The van der Waals surface area contributed by atoms with E-state index in [0.717, 1.165) is 44.7 Å². The first kappa shape index (κ1) is 24.7. The summed E-state index contributed by atoms with van der Waals surface area (Å²) < 4.78 is 6.23. The highest BCUT2D eigenvalue weighted by Crippen LogP contribution is 2.31. The van der Waals surface area contributed by atoms with Crippen LogP contribution in [-0.2, 0) is 0 Å². The third-order valence-electron chi connectivity index (χ3n) is 5.09. The second kappa shape index (κ2) is 13.0. The number of piperidine rings is 1. The van der Waals surface area contributed by atoms with Crippen LogP contribution in [0, 0.1) is 0 Å². The van der Waals surface area contributed by atoms with Crippen molar-refractivity contribution in [1.82, 2.24) is 15.2 Å². The normalized spacial score (nSPS) is 19.2. The van der Waals surface area contributed by atoms with Crippen LogP contribution >= 0.6 is 37.2 Å². The van der Waals surface area contributed by atoms with Crippen molar-refractivity contribution in [1.29, 1.82) is 0 Å². The topological polar surface area (TPSA) is 37.4 Å². The lowest BCUT2D eigenvalue weighted by Crippen LogP contribution is -2.37. The van der Waals surface area contributed by atoms with Gasteiger partial charge in [-0.2, -0.15) is 0 Å². The van der Waals surface area contributed by atoms with E-state index in [1.165, 1.54) is 31.6 Å². The molecule has 0 saturated carbocycles. The number of nitrogens with zero attached hydrogens (tertiary/aromatic N) is 2. The van der Waals surface area contributed by atoms with E-state index in [0.29, 0.717) is 12.0 Å². The molecule has 0 aliphatic carbocycles. The number of hydrogen-bond donors (Lipinski definition) is 1. The van der Waals surface area contributed by atoms with Gasteiger partial charge in [0.1, 0.15) is 12.4 Å². The molecule has 2 fully saturated rings. The van der Waals surface area contributed by atoms with Crippen LogP contribution < -0.4 is 10.1 Å². The summed E-state index contributed by atoms with van der Waals surface area (Å²) in [7, 11) is 0. The fraction of sp³-hybridized carbons (Fsp3) is 0.722. The predicted molar refractivity (Wildman–Crippen MR) is 111 cm³/mol. The molecule has 2 aliphatic rings. The largest absolute Gasteiger partial charge is 0.490 e. The van der Waals surface area contributed by atoms with E-state index < -0.39 is 0 Å². The van der Waals surface area contributed by atoms with Crippen LogP contribution in [0.1, 0.15) is 50.6 Å². The number of rotatable bonds is 6. The molecular formula is C18H32Cl3N3O. The minimum absolute atomic E-state index is 0. The van der Waals surface area contributed by atoms with Crippen LogP contribution in [0.25, 0.3) is 0 Å². The number of aromatic nitrogens is 1. The van der Waals surface area contributed by atoms with Gasteiger partial charge in [-0.05, 0) is 70.4 Å². The molecule has 0 radical (unpaired) electrons. The zero-order valence-electron chi connectivity index (χ0n) is 15.0.